The monoisotopic (exact) mass is 256 g/mol. The molecule has 1 N–H and O–H groups in total. The van der Waals surface area contributed by atoms with Crippen molar-refractivity contribution in [1.29, 1.82) is 0 Å². The normalized spacial score (nSPS) is 31.7. The van der Waals surface area contributed by atoms with Gasteiger partial charge in [0.1, 0.15) is 0 Å². The molecule has 0 aliphatic carbocycles. The molecule has 0 radical (unpaired) electrons. The quantitative estimate of drug-likeness (QED) is 0.775. The topological polar surface area (TPSA) is 33.7 Å². The fourth-order valence-corrected chi connectivity index (χ4v) is 2.97. The van der Waals surface area contributed by atoms with E-state index >= 15 is 0 Å². The van der Waals surface area contributed by atoms with Gasteiger partial charge in [0.25, 0.3) is 0 Å². The SMILES string of the molecule is CCNC(CCC1CCCO1)C1CN(C)CCO1. The summed E-state index contributed by atoms with van der Waals surface area (Å²) in [5, 5.41) is 3.59. The zero-order chi connectivity index (χ0) is 12.8. The lowest BCUT2D eigenvalue weighted by atomic mass is 10.0. The highest BCUT2D eigenvalue weighted by Gasteiger charge is 2.27. The van der Waals surface area contributed by atoms with Gasteiger partial charge in [-0.3, -0.25) is 0 Å². The summed E-state index contributed by atoms with van der Waals surface area (Å²) in [4.78, 5) is 2.37. The molecule has 2 aliphatic rings. The first-order valence-corrected chi connectivity index (χ1v) is 7.44. The second-order valence-corrected chi connectivity index (χ2v) is 5.55. The van der Waals surface area contributed by atoms with Crippen LogP contribution in [0.4, 0.5) is 0 Å². The molecule has 4 heteroatoms. The third-order valence-corrected chi connectivity index (χ3v) is 4.04. The molecule has 0 aromatic heterocycles. The molecular formula is C14H28N2O2. The number of morpholine rings is 1. The third kappa shape index (κ3) is 4.19. The summed E-state index contributed by atoms with van der Waals surface area (Å²) < 4.78 is 11.6. The van der Waals surface area contributed by atoms with Crippen molar-refractivity contribution in [1.82, 2.24) is 10.2 Å². The average Bonchev–Trinajstić information content (AvgIpc) is 2.87. The predicted octanol–water partition coefficient (Wildman–Crippen LogP) is 1.25. The van der Waals surface area contributed by atoms with Crippen LogP contribution in [-0.4, -0.2) is 63.0 Å². The van der Waals surface area contributed by atoms with Crippen LogP contribution < -0.4 is 5.32 Å². The highest BCUT2D eigenvalue weighted by atomic mass is 16.5. The number of rotatable bonds is 6. The summed E-state index contributed by atoms with van der Waals surface area (Å²) in [5.74, 6) is 0. The Morgan fingerprint density at radius 2 is 2.22 bits per heavy atom. The summed E-state index contributed by atoms with van der Waals surface area (Å²) in [5.41, 5.74) is 0. The van der Waals surface area contributed by atoms with E-state index < -0.39 is 0 Å². The van der Waals surface area contributed by atoms with E-state index in [-0.39, 0.29) is 0 Å². The van der Waals surface area contributed by atoms with Crippen molar-refractivity contribution in [2.45, 2.75) is 50.9 Å². The Bertz CT molecular complexity index is 232. The molecule has 2 saturated heterocycles. The molecule has 2 heterocycles. The molecule has 0 bridgehead atoms. The van der Waals surface area contributed by atoms with Crippen molar-refractivity contribution >= 4 is 0 Å². The van der Waals surface area contributed by atoms with Gasteiger partial charge in [0.15, 0.2) is 0 Å². The van der Waals surface area contributed by atoms with Crippen molar-refractivity contribution in [3.05, 3.63) is 0 Å². The van der Waals surface area contributed by atoms with Gasteiger partial charge in [-0.2, -0.15) is 0 Å². The van der Waals surface area contributed by atoms with Gasteiger partial charge in [-0.15, -0.1) is 0 Å². The number of hydrogen-bond acceptors (Lipinski definition) is 4. The smallest absolute Gasteiger partial charge is 0.0855 e. The Hall–Kier alpha value is -0.160. The molecule has 18 heavy (non-hydrogen) atoms. The van der Waals surface area contributed by atoms with E-state index in [1.807, 2.05) is 0 Å². The van der Waals surface area contributed by atoms with Gasteiger partial charge < -0.3 is 19.7 Å². The molecule has 2 rings (SSSR count). The third-order valence-electron chi connectivity index (χ3n) is 4.04. The number of nitrogens with one attached hydrogen (secondary N) is 1. The Kier molecular flexibility index (Phi) is 5.89. The second kappa shape index (κ2) is 7.43. The molecule has 0 amide bonds. The van der Waals surface area contributed by atoms with E-state index in [2.05, 4.69) is 24.2 Å². The zero-order valence-electron chi connectivity index (χ0n) is 11.9. The molecule has 3 unspecified atom stereocenters. The first kappa shape index (κ1) is 14.3. The second-order valence-electron chi connectivity index (χ2n) is 5.55. The van der Waals surface area contributed by atoms with Crippen LogP contribution in [0.3, 0.4) is 0 Å². The van der Waals surface area contributed by atoms with Crippen molar-refractivity contribution in [3.63, 3.8) is 0 Å². The first-order valence-electron chi connectivity index (χ1n) is 7.44. The minimum absolute atomic E-state index is 0.338. The molecule has 2 fully saturated rings. The highest BCUT2D eigenvalue weighted by Crippen LogP contribution is 2.20. The lowest BCUT2D eigenvalue weighted by molar-refractivity contribution is -0.0418. The van der Waals surface area contributed by atoms with Crippen molar-refractivity contribution < 1.29 is 9.47 Å². The van der Waals surface area contributed by atoms with Gasteiger partial charge in [-0.25, -0.2) is 0 Å². The van der Waals surface area contributed by atoms with Gasteiger partial charge in [0.2, 0.25) is 0 Å². The Morgan fingerprint density at radius 1 is 1.33 bits per heavy atom. The van der Waals surface area contributed by atoms with Crippen LogP contribution in [0.15, 0.2) is 0 Å². The molecule has 0 saturated carbocycles. The standard InChI is InChI=1S/C14H28N2O2/c1-3-15-13(7-6-12-5-4-9-17-12)14-11-16(2)8-10-18-14/h12-15H,3-11H2,1-2H3. The fraction of sp³-hybridized carbons (Fsp3) is 1.00. The van der Waals surface area contributed by atoms with Crippen LogP contribution in [-0.2, 0) is 9.47 Å². The number of nitrogens with zero attached hydrogens (tertiary/aromatic N) is 1. The van der Waals surface area contributed by atoms with Crippen LogP contribution in [0.1, 0.15) is 32.6 Å². The highest BCUT2D eigenvalue weighted by molar-refractivity contribution is 4.83. The lowest BCUT2D eigenvalue weighted by Gasteiger charge is -2.36. The van der Waals surface area contributed by atoms with E-state index in [9.17, 15) is 0 Å². The summed E-state index contributed by atoms with van der Waals surface area (Å²) in [7, 11) is 2.18. The van der Waals surface area contributed by atoms with Gasteiger partial charge in [-0.1, -0.05) is 6.92 Å². The summed E-state index contributed by atoms with van der Waals surface area (Å²) >= 11 is 0. The maximum absolute atomic E-state index is 5.93. The van der Waals surface area contributed by atoms with Crippen LogP contribution in [0.25, 0.3) is 0 Å². The Labute approximate surface area is 111 Å². The lowest BCUT2D eigenvalue weighted by Crippen LogP contribution is -2.51. The van der Waals surface area contributed by atoms with E-state index in [4.69, 9.17) is 9.47 Å². The van der Waals surface area contributed by atoms with E-state index in [1.165, 1.54) is 19.3 Å². The fourth-order valence-electron chi connectivity index (χ4n) is 2.97. The zero-order valence-corrected chi connectivity index (χ0v) is 11.9. The van der Waals surface area contributed by atoms with Crippen LogP contribution in [0.5, 0.6) is 0 Å². The first-order chi connectivity index (χ1) is 8.79. The van der Waals surface area contributed by atoms with E-state index in [1.54, 1.807) is 0 Å². The molecule has 0 aromatic rings. The minimum atomic E-state index is 0.338. The van der Waals surface area contributed by atoms with Crippen molar-refractivity contribution in [2.24, 2.45) is 0 Å². The summed E-state index contributed by atoms with van der Waals surface area (Å²) in [6.45, 7) is 7.11. The molecule has 106 valence electrons. The Morgan fingerprint density at radius 3 is 2.89 bits per heavy atom. The van der Waals surface area contributed by atoms with Crippen molar-refractivity contribution in [3.8, 4) is 0 Å². The number of likely N-dealkylation sites (N-methyl/N-ethyl adjacent to an activating group) is 2. The molecule has 2 aliphatic heterocycles. The van der Waals surface area contributed by atoms with E-state index in [0.29, 0.717) is 18.2 Å². The van der Waals surface area contributed by atoms with Crippen molar-refractivity contribution in [2.75, 3.05) is 39.9 Å². The molecule has 4 nitrogen and oxygen atoms in total. The minimum Gasteiger partial charge on any atom is -0.378 e. The van der Waals surface area contributed by atoms with E-state index in [0.717, 1.165) is 39.3 Å². The van der Waals surface area contributed by atoms with Crippen LogP contribution in [0.2, 0.25) is 0 Å². The van der Waals surface area contributed by atoms with Crippen LogP contribution >= 0.6 is 0 Å². The van der Waals surface area contributed by atoms with Gasteiger partial charge >= 0.3 is 0 Å². The Balaban J connectivity index is 1.78. The van der Waals surface area contributed by atoms with Gasteiger partial charge in [0, 0.05) is 25.7 Å². The maximum atomic E-state index is 5.93. The number of ether oxygens (including phenoxy) is 2. The average molecular weight is 256 g/mol. The van der Waals surface area contributed by atoms with Crippen LogP contribution in [0, 0.1) is 0 Å². The maximum Gasteiger partial charge on any atom is 0.0855 e. The predicted molar refractivity (Wildman–Crippen MR) is 72.9 cm³/mol. The van der Waals surface area contributed by atoms with Gasteiger partial charge in [0.05, 0.1) is 18.8 Å². The van der Waals surface area contributed by atoms with Gasteiger partial charge in [-0.05, 0) is 39.3 Å². The largest absolute Gasteiger partial charge is 0.378 e. The molecule has 0 aromatic carbocycles. The molecule has 0 spiro atoms. The summed E-state index contributed by atoms with van der Waals surface area (Å²) in [6, 6.07) is 0.474. The molecule has 3 atom stereocenters. The molecular weight excluding hydrogens is 228 g/mol. The summed E-state index contributed by atoms with van der Waals surface area (Å²) in [6.07, 6.45) is 5.64. The number of hydrogen-bond donors (Lipinski definition) is 1.